The molecule has 0 unspecified atom stereocenters. The number of H-pyrrole nitrogens is 1. The number of methoxy groups -OCH3 is 1. The Kier molecular flexibility index (Phi) is 5.74. The van der Waals surface area contributed by atoms with E-state index in [0.29, 0.717) is 0 Å². The molecule has 0 amide bonds. The topological polar surface area (TPSA) is 41.2 Å². The van der Waals surface area contributed by atoms with Gasteiger partial charge in [-0.1, -0.05) is 30.3 Å². The fourth-order valence-corrected chi connectivity index (χ4v) is 2.90. The Labute approximate surface area is 155 Å². The molecule has 134 valence electrons. The number of hydrogen-bond acceptors (Lipinski definition) is 3. The number of aromatic amines is 1. The van der Waals surface area contributed by atoms with Gasteiger partial charge in [-0.3, -0.25) is 0 Å². The molecular formula is C22H25N3O. The minimum absolute atomic E-state index is 0.837. The summed E-state index contributed by atoms with van der Waals surface area (Å²) in [7, 11) is 1.67. The SMILES string of the molecule is CCN(CC)c1ccc(-c2cnc(C=Cc3ccc(OC)cc3)[nH]2)cc1. The zero-order valence-corrected chi connectivity index (χ0v) is 15.6. The van der Waals surface area contributed by atoms with Crippen LogP contribution < -0.4 is 9.64 Å². The number of rotatable bonds is 7. The van der Waals surface area contributed by atoms with Gasteiger partial charge in [0.05, 0.1) is 19.0 Å². The number of hydrogen-bond donors (Lipinski definition) is 1. The van der Waals surface area contributed by atoms with Gasteiger partial charge in [0.2, 0.25) is 0 Å². The number of aromatic nitrogens is 2. The van der Waals surface area contributed by atoms with Crippen LogP contribution in [0.1, 0.15) is 25.2 Å². The number of anilines is 1. The molecule has 2 aromatic carbocycles. The van der Waals surface area contributed by atoms with Crippen molar-refractivity contribution in [2.45, 2.75) is 13.8 Å². The largest absolute Gasteiger partial charge is 0.497 e. The number of nitrogens with zero attached hydrogens (tertiary/aromatic N) is 2. The van der Waals surface area contributed by atoms with Crippen molar-refractivity contribution >= 4 is 17.8 Å². The molecule has 0 spiro atoms. The summed E-state index contributed by atoms with van der Waals surface area (Å²) in [4.78, 5) is 10.1. The van der Waals surface area contributed by atoms with Crippen molar-refractivity contribution in [3.05, 3.63) is 66.1 Å². The van der Waals surface area contributed by atoms with Gasteiger partial charge in [-0.25, -0.2) is 4.98 Å². The summed E-state index contributed by atoms with van der Waals surface area (Å²) in [5, 5.41) is 0. The Hall–Kier alpha value is -3.01. The van der Waals surface area contributed by atoms with Gasteiger partial charge in [-0.05, 0) is 55.3 Å². The second kappa shape index (κ2) is 8.39. The maximum absolute atomic E-state index is 5.18. The van der Waals surface area contributed by atoms with Gasteiger partial charge >= 0.3 is 0 Å². The summed E-state index contributed by atoms with van der Waals surface area (Å²) >= 11 is 0. The Balaban J connectivity index is 1.71. The highest BCUT2D eigenvalue weighted by Crippen LogP contribution is 2.22. The van der Waals surface area contributed by atoms with Crippen molar-refractivity contribution in [1.82, 2.24) is 9.97 Å². The molecule has 1 aromatic heterocycles. The lowest BCUT2D eigenvalue weighted by Gasteiger charge is -2.20. The minimum atomic E-state index is 0.837. The lowest BCUT2D eigenvalue weighted by atomic mass is 10.1. The Morgan fingerprint density at radius 1 is 0.962 bits per heavy atom. The smallest absolute Gasteiger partial charge is 0.130 e. The average Bonchev–Trinajstić information content (AvgIpc) is 3.17. The van der Waals surface area contributed by atoms with Crippen LogP contribution >= 0.6 is 0 Å². The summed E-state index contributed by atoms with van der Waals surface area (Å²) in [6, 6.07) is 16.5. The third-order valence-corrected chi connectivity index (χ3v) is 4.45. The molecule has 0 bridgehead atoms. The van der Waals surface area contributed by atoms with E-state index in [4.69, 9.17) is 4.74 Å². The van der Waals surface area contributed by atoms with Crippen LogP contribution in [-0.2, 0) is 0 Å². The van der Waals surface area contributed by atoms with Crippen molar-refractivity contribution in [3.63, 3.8) is 0 Å². The first-order valence-electron chi connectivity index (χ1n) is 8.96. The third-order valence-electron chi connectivity index (χ3n) is 4.45. The highest BCUT2D eigenvalue weighted by Gasteiger charge is 2.04. The fraction of sp³-hybridized carbons (Fsp3) is 0.227. The predicted octanol–water partition coefficient (Wildman–Crippen LogP) is 5.10. The van der Waals surface area contributed by atoms with Crippen LogP contribution in [0.2, 0.25) is 0 Å². The average molecular weight is 347 g/mol. The van der Waals surface area contributed by atoms with Crippen LogP contribution in [0.25, 0.3) is 23.4 Å². The lowest BCUT2D eigenvalue weighted by Crippen LogP contribution is -2.21. The molecule has 4 heteroatoms. The van der Waals surface area contributed by atoms with Gasteiger partial charge in [0, 0.05) is 18.8 Å². The molecule has 1 N–H and O–H groups in total. The Morgan fingerprint density at radius 2 is 1.65 bits per heavy atom. The standard InChI is InChI=1S/C22H25N3O/c1-4-25(5-2)19-11-9-18(10-12-19)21-16-23-22(24-21)15-8-17-6-13-20(26-3)14-7-17/h6-16H,4-5H2,1-3H3,(H,23,24). The first kappa shape index (κ1) is 17.8. The van der Waals surface area contributed by atoms with Crippen molar-refractivity contribution in [2.75, 3.05) is 25.1 Å². The molecule has 4 nitrogen and oxygen atoms in total. The van der Waals surface area contributed by atoms with Crippen LogP contribution in [0.15, 0.2) is 54.7 Å². The van der Waals surface area contributed by atoms with Crippen LogP contribution in [0.3, 0.4) is 0 Å². The van der Waals surface area contributed by atoms with E-state index >= 15 is 0 Å². The van der Waals surface area contributed by atoms with Gasteiger partial charge in [0.25, 0.3) is 0 Å². The van der Waals surface area contributed by atoms with E-state index in [1.807, 2.05) is 42.6 Å². The maximum Gasteiger partial charge on any atom is 0.130 e. The Morgan fingerprint density at radius 3 is 2.27 bits per heavy atom. The molecule has 0 aliphatic heterocycles. The molecule has 0 saturated carbocycles. The van der Waals surface area contributed by atoms with E-state index in [0.717, 1.165) is 41.5 Å². The van der Waals surface area contributed by atoms with Crippen LogP contribution in [0.4, 0.5) is 5.69 Å². The molecule has 26 heavy (non-hydrogen) atoms. The summed E-state index contributed by atoms with van der Waals surface area (Å²) in [6.07, 6.45) is 5.89. The van der Waals surface area contributed by atoms with Gasteiger partial charge < -0.3 is 14.6 Å². The zero-order valence-electron chi connectivity index (χ0n) is 15.6. The molecule has 0 saturated heterocycles. The molecule has 3 rings (SSSR count). The van der Waals surface area contributed by atoms with Crippen molar-refractivity contribution < 1.29 is 4.74 Å². The van der Waals surface area contributed by atoms with Gasteiger partial charge in [0.15, 0.2) is 0 Å². The third kappa shape index (κ3) is 4.14. The second-order valence-corrected chi connectivity index (χ2v) is 6.01. The predicted molar refractivity (Wildman–Crippen MR) is 110 cm³/mol. The van der Waals surface area contributed by atoms with Gasteiger partial charge in [0.1, 0.15) is 11.6 Å². The zero-order chi connectivity index (χ0) is 18.4. The van der Waals surface area contributed by atoms with Crippen molar-refractivity contribution in [1.29, 1.82) is 0 Å². The summed E-state index contributed by atoms with van der Waals surface area (Å²) in [5.74, 6) is 1.69. The van der Waals surface area contributed by atoms with E-state index in [1.54, 1.807) is 7.11 Å². The summed E-state index contributed by atoms with van der Waals surface area (Å²) in [5.41, 5.74) is 4.51. The Bertz CT molecular complexity index is 844. The number of benzene rings is 2. The molecular weight excluding hydrogens is 322 g/mol. The van der Waals surface area contributed by atoms with Gasteiger partial charge in [-0.15, -0.1) is 0 Å². The van der Waals surface area contributed by atoms with Crippen LogP contribution in [-0.4, -0.2) is 30.2 Å². The quantitative estimate of drug-likeness (QED) is 0.646. The van der Waals surface area contributed by atoms with Crippen LogP contribution in [0.5, 0.6) is 5.75 Å². The molecule has 0 radical (unpaired) electrons. The van der Waals surface area contributed by atoms with Crippen molar-refractivity contribution in [2.24, 2.45) is 0 Å². The molecule has 3 aromatic rings. The molecule has 0 aliphatic carbocycles. The summed E-state index contributed by atoms with van der Waals surface area (Å²) in [6.45, 7) is 6.38. The van der Waals surface area contributed by atoms with E-state index in [-0.39, 0.29) is 0 Å². The van der Waals surface area contributed by atoms with Crippen molar-refractivity contribution in [3.8, 4) is 17.0 Å². The first-order valence-corrected chi connectivity index (χ1v) is 8.96. The maximum atomic E-state index is 5.18. The normalized spacial score (nSPS) is 11.0. The molecule has 0 aliphatic rings. The summed E-state index contributed by atoms with van der Waals surface area (Å²) < 4.78 is 5.18. The molecule has 1 heterocycles. The van der Waals surface area contributed by atoms with Gasteiger partial charge in [-0.2, -0.15) is 0 Å². The molecule has 0 atom stereocenters. The fourth-order valence-electron chi connectivity index (χ4n) is 2.90. The van der Waals surface area contributed by atoms with E-state index in [1.165, 1.54) is 5.69 Å². The highest BCUT2D eigenvalue weighted by molar-refractivity contribution is 5.69. The first-order chi connectivity index (χ1) is 12.7. The van der Waals surface area contributed by atoms with Crippen LogP contribution in [0, 0.1) is 0 Å². The lowest BCUT2D eigenvalue weighted by molar-refractivity contribution is 0.415. The molecule has 0 fully saturated rings. The number of imidazole rings is 1. The van der Waals surface area contributed by atoms with E-state index in [9.17, 15) is 0 Å². The number of nitrogens with one attached hydrogen (secondary N) is 1. The van der Waals surface area contributed by atoms with E-state index in [2.05, 4.69) is 53.0 Å². The monoisotopic (exact) mass is 347 g/mol. The van der Waals surface area contributed by atoms with E-state index < -0.39 is 0 Å². The highest BCUT2D eigenvalue weighted by atomic mass is 16.5. The minimum Gasteiger partial charge on any atom is -0.497 e. The second-order valence-electron chi connectivity index (χ2n) is 6.01. The number of ether oxygens (including phenoxy) is 1.